The van der Waals surface area contributed by atoms with Gasteiger partial charge in [-0.2, -0.15) is 0 Å². The second-order valence-electron chi connectivity index (χ2n) is 4.21. The normalized spacial score (nSPS) is 29.9. The summed E-state index contributed by atoms with van der Waals surface area (Å²) < 4.78 is 0. The Morgan fingerprint density at radius 2 is 2.14 bits per heavy atom. The summed E-state index contributed by atoms with van der Waals surface area (Å²) in [6.45, 7) is 4.15. The molecule has 0 N–H and O–H groups in total. The fourth-order valence-corrected chi connectivity index (χ4v) is 1.80. The second kappa shape index (κ2) is 3.54. The molecule has 1 fully saturated rings. The summed E-state index contributed by atoms with van der Waals surface area (Å²) in [6.07, 6.45) is 1.67. The van der Waals surface area contributed by atoms with Crippen molar-refractivity contribution >= 4 is 6.29 Å². The standard InChI is InChI=1S/C12H15NO/c1-12(7-8-14)10-13(12)9-11-5-3-2-4-6-11/h2-6,8H,7,9-10H2,1H3. The van der Waals surface area contributed by atoms with Crippen molar-refractivity contribution in [3.8, 4) is 0 Å². The Morgan fingerprint density at radius 3 is 2.79 bits per heavy atom. The molecule has 0 amide bonds. The largest absolute Gasteiger partial charge is 0.303 e. The van der Waals surface area contributed by atoms with Crippen molar-refractivity contribution in [2.45, 2.75) is 25.4 Å². The molecule has 1 heterocycles. The van der Waals surface area contributed by atoms with E-state index in [1.165, 1.54) is 5.56 Å². The lowest BCUT2D eigenvalue weighted by molar-refractivity contribution is -0.108. The molecule has 0 saturated carbocycles. The minimum absolute atomic E-state index is 0.136. The highest BCUT2D eigenvalue weighted by Gasteiger charge is 2.46. The number of hydrogen-bond donors (Lipinski definition) is 0. The van der Waals surface area contributed by atoms with E-state index in [4.69, 9.17) is 0 Å². The molecule has 2 atom stereocenters. The van der Waals surface area contributed by atoms with Crippen molar-refractivity contribution in [3.05, 3.63) is 35.9 Å². The van der Waals surface area contributed by atoms with Gasteiger partial charge >= 0.3 is 0 Å². The van der Waals surface area contributed by atoms with Gasteiger partial charge < -0.3 is 4.79 Å². The summed E-state index contributed by atoms with van der Waals surface area (Å²) >= 11 is 0. The highest BCUT2D eigenvalue weighted by atomic mass is 16.1. The van der Waals surface area contributed by atoms with Crippen LogP contribution in [0.4, 0.5) is 0 Å². The van der Waals surface area contributed by atoms with Crippen LogP contribution in [0.15, 0.2) is 30.3 Å². The maximum absolute atomic E-state index is 10.4. The van der Waals surface area contributed by atoms with Crippen LogP contribution in [0, 0.1) is 0 Å². The Balaban J connectivity index is 1.93. The van der Waals surface area contributed by atoms with Crippen molar-refractivity contribution in [3.63, 3.8) is 0 Å². The highest BCUT2D eigenvalue weighted by Crippen LogP contribution is 2.35. The number of carbonyl (C=O) groups is 1. The molecule has 14 heavy (non-hydrogen) atoms. The van der Waals surface area contributed by atoms with E-state index < -0.39 is 0 Å². The fraction of sp³-hybridized carbons (Fsp3) is 0.417. The number of benzene rings is 1. The summed E-state index contributed by atoms with van der Waals surface area (Å²) in [4.78, 5) is 12.8. The molecule has 0 spiro atoms. The summed E-state index contributed by atoms with van der Waals surface area (Å²) in [5, 5.41) is 0. The van der Waals surface area contributed by atoms with Crippen LogP contribution < -0.4 is 0 Å². The molecule has 74 valence electrons. The SMILES string of the molecule is CC1(CC=O)CN1Cc1ccccc1. The smallest absolute Gasteiger partial charge is 0.121 e. The van der Waals surface area contributed by atoms with Crippen LogP contribution in [0.3, 0.4) is 0 Å². The van der Waals surface area contributed by atoms with E-state index in [2.05, 4.69) is 36.1 Å². The molecule has 0 bridgehead atoms. The van der Waals surface area contributed by atoms with Crippen LogP contribution in [0.5, 0.6) is 0 Å². The first-order valence-corrected chi connectivity index (χ1v) is 4.97. The Hall–Kier alpha value is -1.15. The Morgan fingerprint density at radius 1 is 1.43 bits per heavy atom. The zero-order valence-corrected chi connectivity index (χ0v) is 8.44. The van der Waals surface area contributed by atoms with Crippen molar-refractivity contribution in [1.82, 2.24) is 4.90 Å². The van der Waals surface area contributed by atoms with Gasteiger partial charge in [0.1, 0.15) is 6.29 Å². The molecular weight excluding hydrogens is 174 g/mol. The molecular formula is C12H15NO. The number of nitrogens with zero attached hydrogens (tertiary/aromatic N) is 1. The van der Waals surface area contributed by atoms with E-state index in [0.717, 1.165) is 19.4 Å². The summed E-state index contributed by atoms with van der Waals surface area (Å²) in [5.74, 6) is 0. The molecule has 2 unspecified atom stereocenters. The van der Waals surface area contributed by atoms with Gasteiger partial charge in [0.15, 0.2) is 0 Å². The van der Waals surface area contributed by atoms with Gasteiger partial charge in [-0.3, -0.25) is 4.90 Å². The molecule has 1 aromatic rings. The lowest BCUT2D eigenvalue weighted by Crippen LogP contribution is -2.14. The first kappa shape index (κ1) is 9.41. The molecule has 1 aliphatic rings. The quantitative estimate of drug-likeness (QED) is 0.532. The summed E-state index contributed by atoms with van der Waals surface area (Å²) in [6, 6.07) is 10.4. The molecule has 1 saturated heterocycles. The van der Waals surface area contributed by atoms with Crippen LogP contribution in [-0.2, 0) is 11.3 Å². The molecule has 0 radical (unpaired) electrons. The van der Waals surface area contributed by atoms with Gasteiger partial charge in [-0.15, -0.1) is 0 Å². The van der Waals surface area contributed by atoms with Gasteiger partial charge in [0, 0.05) is 25.0 Å². The van der Waals surface area contributed by atoms with E-state index in [1.54, 1.807) is 0 Å². The molecule has 2 heteroatoms. The fourth-order valence-electron chi connectivity index (χ4n) is 1.80. The average Bonchev–Trinajstić information content (AvgIpc) is 2.78. The number of rotatable bonds is 4. The van der Waals surface area contributed by atoms with Crippen molar-refractivity contribution in [1.29, 1.82) is 0 Å². The summed E-state index contributed by atoms with van der Waals surface area (Å²) in [5.41, 5.74) is 1.46. The van der Waals surface area contributed by atoms with E-state index in [1.807, 2.05) is 6.07 Å². The molecule has 0 aromatic heterocycles. The molecule has 1 aromatic carbocycles. The first-order chi connectivity index (χ1) is 6.74. The van der Waals surface area contributed by atoms with Crippen LogP contribution in [0.2, 0.25) is 0 Å². The molecule has 1 aliphatic heterocycles. The number of hydrogen-bond acceptors (Lipinski definition) is 2. The maximum atomic E-state index is 10.4. The third-order valence-electron chi connectivity index (χ3n) is 2.93. The minimum atomic E-state index is 0.136. The van der Waals surface area contributed by atoms with Gasteiger partial charge in [0.25, 0.3) is 0 Å². The average molecular weight is 189 g/mol. The Labute approximate surface area is 84.5 Å². The molecule has 2 rings (SSSR count). The van der Waals surface area contributed by atoms with Gasteiger partial charge in [0.2, 0.25) is 0 Å². The Kier molecular flexibility index (Phi) is 2.38. The van der Waals surface area contributed by atoms with Gasteiger partial charge in [-0.25, -0.2) is 0 Å². The van der Waals surface area contributed by atoms with E-state index >= 15 is 0 Å². The van der Waals surface area contributed by atoms with Crippen LogP contribution in [0.25, 0.3) is 0 Å². The molecule has 2 nitrogen and oxygen atoms in total. The topological polar surface area (TPSA) is 20.1 Å². The van der Waals surface area contributed by atoms with Gasteiger partial charge in [-0.1, -0.05) is 30.3 Å². The second-order valence-corrected chi connectivity index (χ2v) is 4.21. The zero-order valence-electron chi connectivity index (χ0n) is 8.44. The highest BCUT2D eigenvalue weighted by molar-refractivity contribution is 5.53. The predicted molar refractivity (Wildman–Crippen MR) is 55.9 cm³/mol. The van der Waals surface area contributed by atoms with Crippen LogP contribution in [0.1, 0.15) is 18.9 Å². The van der Waals surface area contributed by atoms with E-state index in [0.29, 0.717) is 6.42 Å². The first-order valence-electron chi connectivity index (χ1n) is 4.97. The van der Waals surface area contributed by atoms with Gasteiger partial charge in [-0.05, 0) is 12.5 Å². The van der Waals surface area contributed by atoms with E-state index in [9.17, 15) is 4.79 Å². The van der Waals surface area contributed by atoms with Crippen LogP contribution >= 0.6 is 0 Å². The van der Waals surface area contributed by atoms with E-state index in [-0.39, 0.29) is 5.54 Å². The predicted octanol–water partition coefficient (Wildman–Crippen LogP) is 1.85. The van der Waals surface area contributed by atoms with Crippen molar-refractivity contribution in [2.24, 2.45) is 0 Å². The van der Waals surface area contributed by atoms with Crippen LogP contribution in [-0.4, -0.2) is 23.3 Å². The lowest BCUT2D eigenvalue weighted by atomic mass is 10.1. The minimum Gasteiger partial charge on any atom is -0.303 e. The number of carbonyl (C=O) groups excluding carboxylic acids is 1. The van der Waals surface area contributed by atoms with Gasteiger partial charge in [0.05, 0.1) is 0 Å². The Bertz CT molecular complexity index is 322. The third-order valence-corrected chi connectivity index (χ3v) is 2.93. The monoisotopic (exact) mass is 189 g/mol. The maximum Gasteiger partial charge on any atom is 0.121 e. The lowest BCUT2D eigenvalue weighted by Gasteiger charge is -2.08. The molecule has 0 aliphatic carbocycles. The van der Waals surface area contributed by atoms with Crippen molar-refractivity contribution < 1.29 is 4.79 Å². The number of aldehydes is 1. The zero-order chi connectivity index (χ0) is 10.0. The third kappa shape index (κ3) is 1.85. The van der Waals surface area contributed by atoms with Crippen molar-refractivity contribution in [2.75, 3.05) is 6.54 Å². The summed E-state index contributed by atoms with van der Waals surface area (Å²) in [7, 11) is 0.